The van der Waals surface area contributed by atoms with Gasteiger partial charge in [-0.05, 0) is 68.6 Å². The number of benzene rings is 2. The van der Waals surface area contributed by atoms with Crippen LogP contribution in [0, 0.1) is 5.92 Å². The summed E-state index contributed by atoms with van der Waals surface area (Å²) in [6.45, 7) is 2.03. The zero-order valence-electron chi connectivity index (χ0n) is 19.3. The Morgan fingerprint density at radius 3 is 2.74 bits per heavy atom. The number of nitrogens with one attached hydrogen (secondary N) is 1. The second-order valence-electron chi connectivity index (χ2n) is 9.14. The van der Waals surface area contributed by atoms with Crippen LogP contribution in [-0.2, 0) is 14.6 Å². The lowest BCUT2D eigenvalue weighted by molar-refractivity contribution is -0.118. The number of carbonyl (C=O) groups excluding carboxylic acids is 1. The van der Waals surface area contributed by atoms with Crippen molar-refractivity contribution >= 4 is 43.6 Å². The normalized spacial score (nSPS) is 20.3. The van der Waals surface area contributed by atoms with Gasteiger partial charge in [0.25, 0.3) is 0 Å². The van der Waals surface area contributed by atoms with Gasteiger partial charge >= 0.3 is 0 Å². The zero-order chi connectivity index (χ0) is 23.9. The highest BCUT2D eigenvalue weighted by atomic mass is 32.2. The van der Waals surface area contributed by atoms with Crippen LogP contribution in [0.3, 0.4) is 0 Å². The number of carbonyl (C=O) groups is 1. The molecule has 0 aliphatic carbocycles. The molecular formula is C25H28N4O3S2. The number of anilines is 3. The molecular weight excluding hydrogens is 468 g/mol. The number of sulfone groups is 1. The third-order valence-corrected chi connectivity index (χ3v) is 9.36. The minimum absolute atomic E-state index is 0.107. The number of hydrogen-bond donors (Lipinski definition) is 1. The number of rotatable bonds is 5. The summed E-state index contributed by atoms with van der Waals surface area (Å²) < 4.78 is 26.6. The van der Waals surface area contributed by atoms with E-state index in [-0.39, 0.29) is 10.8 Å². The van der Waals surface area contributed by atoms with Crippen LogP contribution in [-0.4, -0.2) is 51.4 Å². The number of amides is 1. The lowest BCUT2D eigenvalue weighted by Crippen LogP contribution is -2.34. The lowest BCUT2D eigenvalue weighted by atomic mass is 9.84. The van der Waals surface area contributed by atoms with E-state index in [2.05, 4.69) is 22.2 Å². The van der Waals surface area contributed by atoms with Gasteiger partial charge in [0.1, 0.15) is 0 Å². The van der Waals surface area contributed by atoms with E-state index in [4.69, 9.17) is 0 Å². The second-order valence-corrected chi connectivity index (χ2v) is 11.9. The topological polar surface area (TPSA) is 82.6 Å². The summed E-state index contributed by atoms with van der Waals surface area (Å²) >= 11 is 1.39. The van der Waals surface area contributed by atoms with Crippen LogP contribution in [0.2, 0.25) is 0 Å². The van der Waals surface area contributed by atoms with Crippen LogP contribution < -0.4 is 10.2 Å². The van der Waals surface area contributed by atoms with Crippen molar-refractivity contribution in [3.63, 3.8) is 0 Å². The molecule has 2 aliphatic heterocycles. The van der Waals surface area contributed by atoms with Crippen LogP contribution in [0.5, 0.6) is 0 Å². The van der Waals surface area contributed by atoms with Gasteiger partial charge in [-0.25, -0.2) is 13.4 Å². The van der Waals surface area contributed by atoms with Crippen LogP contribution in [0.4, 0.5) is 16.5 Å². The molecule has 3 aromatic rings. The highest BCUT2D eigenvalue weighted by Gasteiger charge is 2.34. The third-order valence-electron chi connectivity index (χ3n) is 6.82. The van der Waals surface area contributed by atoms with E-state index < -0.39 is 15.8 Å². The van der Waals surface area contributed by atoms with Crippen LogP contribution >= 0.6 is 11.3 Å². The van der Waals surface area contributed by atoms with Crippen LogP contribution in [0.15, 0.2) is 63.8 Å². The van der Waals surface area contributed by atoms with Gasteiger partial charge in [-0.3, -0.25) is 4.79 Å². The number of likely N-dealkylation sites (tertiary alicyclic amines) is 1. The summed E-state index contributed by atoms with van der Waals surface area (Å²) in [6, 6.07) is 12.4. The van der Waals surface area contributed by atoms with Crippen LogP contribution in [0.25, 0.3) is 0 Å². The molecule has 1 aromatic heterocycles. The molecule has 0 saturated carbocycles. The third kappa shape index (κ3) is 4.23. The molecule has 2 aromatic carbocycles. The second kappa shape index (κ2) is 9.13. The Balaban J connectivity index is 1.53. The summed E-state index contributed by atoms with van der Waals surface area (Å²) in [6.07, 6.45) is 4.57. The van der Waals surface area contributed by atoms with E-state index in [1.165, 1.54) is 11.3 Å². The van der Waals surface area contributed by atoms with Gasteiger partial charge in [-0.15, -0.1) is 11.3 Å². The maximum Gasteiger partial charge on any atom is 0.233 e. The Morgan fingerprint density at radius 1 is 1.18 bits per heavy atom. The molecule has 2 aliphatic rings. The van der Waals surface area contributed by atoms with Gasteiger partial charge in [0.2, 0.25) is 15.7 Å². The number of piperidine rings is 1. The summed E-state index contributed by atoms with van der Waals surface area (Å²) in [5.41, 5.74) is 2.07. The Hall–Kier alpha value is -2.75. The minimum atomic E-state index is -3.63. The molecule has 34 heavy (non-hydrogen) atoms. The summed E-state index contributed by atoms with van der Waals surface area (Å²) in [5.74, 6) is -0.118. The molecule has 0 spiro atoms. The van der Waals surface area contributed by atoms with E-state index in [1.54, 1.807) is 30.5 Å². The van der Waals surface area contributed by atoms with E-state index in [0.717, 1.165) is 31.5 Å². The first-order valence-corrected chi connectivity index (χ1v) is 13.8. The Kier molecular flexibility index (Phi) is 6.18. The molecule has 2 atom stereocenters. The van der Waals surface area contributed by atoms with Crippen molar-refractivity contribution in [2.45, 2.75) is 35.0 Å². The van der Waals surface area contributed by atoms with Crippen molar-refractivity contribution < 1.29 is 13.2 Å². The molecule has 178 valence electrons. The molecule has 9 heteroatoms. The van der Waals surface area contributed by atoms with Crippen molar-refractivity contribution in [2.75, 3.05) is 37.4 Å². The molecule has 0 radical (unpaired) electrons. The molecule has 7 nitrogen and oxygen atoms in total. The highest BCUT2D eigenvalue weighted by molar-refractivity contribution is 7.92. The minimum Gasteiger partial charge on any atom is -0.342 e. The number of nitrogens with zero attached hydrogens (tertiary/aromatic N) is 3. The fraction of sp³-hybridized carbons (Fsp3) is 0.360. The van der Waals surface area contributed by atoms with E-state index in [1.807, 2.05) is 35.5 Å². The van der Waals surface area contributed by atoms with Gasteiger partial charge in [0, 0.05) is 25.2 Å². The largest absolute Gasteiger partial charge is 0.342 e. The first-order chi connectivity index (χ1) is 16.3. The van der Waals surface area contributed by atoms with Crippen molar-refractivity contribution in [1.29, 1.82) is 0 Å². The molecule has 5 rings (SSSR count). The molecule has 0 bridgehead atoms. The fourth-order valence-electron chi connectivity index (χ4n) is 5.12. The molecule has 1 fully saturated rings. The SMILES string of the molecule is CN1CCCC(CC(C(=O)Nc2nccs2)c2ccc3c(c2)N(C)c2ccccc2S3(=O)=O)C1. The molecule has 3 heterocycles. The summed E-state index contributed by atoms with van der Waals surface area (Å²) in [7, 11) is 0.360. The fourth-order valence-corrected chi connectivity index (χ4v) is 7.35. The lowest BCUT2D eigenvalue weighted by Gasteiger charge is -2.33. The standard InChI is InChI=1S/C25H28N4O3S2/c1-28-12-5-6-17(16-28)14-19(24(30)27-25-26-11-13-33-25)18-9-10-23-21(15-18)29(2)20-7-3-4-8-22(20)34(23,31)32/h3-4,7-11,13,15,17,19H,5-6,12,14,16H2,1-2H3,(H,26,27,30). The smallest absolute Gasteiger partial charge is 0.233 e. The Bertz CT molecular complexity index is 1310. The highest BCUT2D eigenvalue weighted by Crippen LogP contribution is 2.44. The Morgan fingerprint density at radius 2 is 1.97 bits per heavy atom. The van der Waals surface area contributed by atoms with Gasteiger partial charge in [-0.1, -0.05) is 18.2 Å². The predicted octanol–water partition coefficient (Wildman–Crippen LogP) is 4.51. The van der Waals surface area contributed by atoms with E-state index >= 15 is 0 Å². The predicted molar refractivity (Wildman–Crippen MR) is 135 cm³/mol. The van der Waals surface area contributed by atoms with E-state index in [9.17, 15) is 13.2 Å². The number of fused-ring (bicyclic) bond motifs is 2. The maximum absolute atomic E-state index is 13.5. The van der Waals surface area contributed by atoms with Crippen molar-refractivity contribution in [2.24, 2.45) is 5.92 Å². The van der Waals surface area contributed by atoms with Crippen molar-refractivity contribution in [1.82, 2.24) is 9.88 Å². The summed E-state index contributed by atoms with van der Waals surface area (Å²) in [4.78, 5) is 22.5. The number of para-hydroxylation sites is 1. The number of hydrogen-bond acceptors (Lipinski definition) is 7. The van der Waals surface area contributed by atoms with Gasteiger partial charge in [0.05, 0.1) is 27.1 Å². The van der Waals surface area contributed by atoms with E-state index in [0.29, 0.717) is 33.7 Å². The summed E-state index contributed by atoms with van der Waals surface area (Å²) in [5, 5.41) is 5.37. The number of aromatic nitrogens is 1. The average molecular weight is 497 g/mol. The Labute approximate surface area is 204 Å². The molecule has 1 N–H and O–H groups in total. The van der Waals surface area contributed by atoms with Crippen molar-refractivity contribution in [3.8, 4) is 0 Å². The maximum atomic E-state index is 13.5. The molecule has 1 amide bonds. The first-order valence-electron chi connectivity index (χ1n) is 11.5. The van der Waals surface area contributed by atoms with Crippen LogP contribution in [0.1, 0.15) is 30.7 Å². The van der Waals surface area contributed by atoms with Gasteiger partial charge < -0.3 is 15.1 Å². The molecule has 2 unspecified atom stereocenters. The first kappa shape index (κ1) is 23.0. The average Bonchev–Trinajstić information content (AvgIpc) is 3.34. The van der Waals surface area contributed by atoms with Gasteiger partial charge in [-0.2, -0.15) is 0 Å². The van der Waals surface area contributed by atoms with Gasteiger partial charge in [0.15, 0.2) is 5.13 Å². The quantitative estimate of drug-likeness (QED) is 0.560. The monoisotopic (exact) mass is 496 g/mol. The zero-order valence-corrected chi connectivity index (χ0v) is 20.9. The molecule has 1 saturated heterocycles. The van der Waals surface area contributed by atoms with Crippen molar-refractivity contribution in [3.05, 3.63) is 59.6 Å². The number of thiazole rings is 1.